The zero-order valence-corrected chi connectivity index (χ0v) is 9.79. The molecule has 0 heterocycles. The molecule has 2 nitrogen and oxygen atoms in total. The molecule has 0 amide bonds. The Morgan fingerprint density at radius 1 is 1.50 bits per heavy atom. The Hall–Kier alpha value is -1.25. The van der Waals surface area contributed by atoms with E-state index in [1.165, 1.54) is 25.0 Å². The number of hydrogen-bond donors (Lipinski definition) is 1. The van der Waals surface area contributed by atoms with Gasteiger partial charge < -0.3 is 10.1 Å². The van der Waals surface area contributed by atoms with Crippen molar-refractivity contribution in [3.8, 4) is 5.75 Å². The summed E-state index contributed by atoms with van der Waals surface area (Å²) in [4.78, 5) is 0. The highest BCUT2D eigenvalue weighted by molar-refractivity contribution is 5.57. The van der Waals surface area contributed by atoms with Crippen LogP contribution in [-0.2, 0) is 0 Å². The first-order chi connectivity index (χ1) is 7.74. The van der Waals surface area contributed by atoms with E-state index >= 15 is 0 Å². The van der Waals surface area contributed by atoms with Crippen molar-refractivity contribution in [1.82, 2.24) is 0 Å². The third kappa shape index (κ3) is 2.46. The molecule has 1 aromatic carbocycles. The summed E-state index contributed by atoms with van der Waals surface area (Å²) in [6.07, 6.45) is 3.62. The number of rotatable bonds is 5. The maximum atomic E-state index is 13.2. The highest BCUT2D eigenvalue weighted by Gasteiger charge is 2.30. The molecule has 1 aliphatic rings. The van der Waals surface area contributed by atoms with Gasteiger partial charge in [0, 0.05) is 12.1 Å². The van der Waals surface area contributed by atoms with Crippen LogP contribution in [0.5, 0.6) is 5.75 Å². The van der Waals surface area contributed by atoms with Crippen LogP contribution in [0.15, 0.2) is 18.2 Å². The molecule has 1 unspecified atom stereocenters. The molecule has 1 aliphatic carbocycles. The molecule has 1 N–H and O–H groups in total. The van der Waals surface area contributed by atoms with Gasteiger partial charge in [0.05, 0.1) is 12.8 Å². The second-order valence-electron chi connectivity index (χ2n) is 4.34. The van der Waals surface area contributed by atoms with E-state index in [9.17, 15) is 4.39 Å². The van der Waals surface area contributed by atoms with E-state index in [2.05, 4.69) is 12.2 Å². The first-order valence-corrected chi connectivity index (χ1v) is 5.84. The number of methoxy groups -OCH3 is 1. The van der Waals surface area contributed by atoms with Gasteiger partial charge in [0.15, 0.2) is 0 Å². The largest absolute Gasteiger partial charge is 0.495 e. The van der Waals surface area contributed by atoms with Crippen molar-refractivity contribution < 1.29 is 9.13 Å². The van der Waals surface area contributed by atoms with E-state index in [0.29, 0.717) is 11.8 Å². The number of anilines is 1. The Bertz CT molecular complexity index is 363. The Kier molecular flexibility index (Phi) is 3.32. The SMILES string of the molecule is CCC(Nc1cc(F)ccc1OC)C1CC1. The molecule has 0 bridgehead atoms. The normalized spacial score (nSPS) is 16.9. The Balaban J connectivity index is 2.14. The topological polar surface area (TPSA) is 21.3 Å². The molecule has 1 aromatic rings. The summed E-state index contributed by atoms with van der Waals surface area (Å²) in [6, 6.07) is 5.03. The van der Waals surface area contributed by atoms with Gasteiger partial charge in [-0.1, -0.05) is 6.92 Å². The molecule has 0 aromatic heterocycles. The minimum atomic E-state index is -0.228. The monoisotopic (exact) mass is 223 g/mol. The minimum absolute atomic E-state index is 0.228. The fourth-order valence-electron chi connectivity index (χ4n) is 2.04. The number of benzene rings is 1. The fourth-order valence-corrected chi connectivity index (χ4v) is 2.04. The van der Waals surface area contributed by atoms with Gasteiger partial charge in [0.2, 0.25) is 0 Å². The van der Waals surface area contributed by atoms with E-state index in [-0.39, 0.29) is 5.82 Å². The van der Waals surface area contributed by atoms with E-state index < -0.39 is 0 Å². The standard InChI is InChI=1S/C13H18FNO/c1-3-11(9-4-5-9)15-12-8-10(14)6-7-13(12)16-2/h6-9,11,15H,3-5H2,1-2H3. The van der Waals surface area contributed by atoms with Crippen LogP contribution < -0.4 is 10.1 Å². The van der Waals surface area contributed by atoms with E-state index in [4.69, 9.17) is 4.74 Å². The lowest BCUT2D eigenvalue weighted by Crippen LogP contribution is -2.21. The predicted molar refractivity (Wildman–Crippen MR) is 63.4 cm³/mol. The molecule has 0 aliphatic heterocycles. The third-order valence-corrected chi connectivity index (χ3v) is 3.13. The zero-order chi connectivity index (χ0) is 11.5. The van der Waals surface area contributed by atoms with Gasteiger partial charge >= 0.3 is 0 Å². The second-order valence-corrected chi connectivity index (χ2v) is 4.34. The van der Waals surface area contributed by atoms with Crippen molar-refractivity contribution in [3.63, 3.8) is 0 Å². The fraction of sp³-hybridized carbons (Fsp3) is 0.538. The van der Waals surface area contributed by atoms with Crippen molar-refractivity contribution in [2.24, 2.45) is 5.92 Å². The zero-order valence-electron chi connectivity index (χ0n) is 9.79. The van der Waals surface area contributed by atoms with Crippen molar-refractivity contribution in [2.75, 3.05) is 12.4 Å². The van der Waals surface area contributed by atoms with E-state index in [1.54, 1.807) is 13.2 Å². The van der Waals surface area contributed by atoms with Crippen LogP contribution in [0.25, 0.3) is 0 Å². The minimum Gasteiger partial charge on any atom is -0.495 e. The van der Waals surface area contributed by atoms with Crippen LogP contribution in [-0.4, -0.2) is 13.2 Å². The molecule has 1 atom stereocenters. The average molecular weight is 223 g/mol. The number of halogens is 1. The molecule has 3 heteroatoms. The highest BCUT2D eigenvalue weighted by atomic mass is 19.1. The molecule has 0 saturated heterocycles. The van der Waals surface area contributed by atoms with Crippen molar-refractivity contribution in [1.29, 1.82) is 0 Å². The summed E-state index contributed by atoms with van der Waals surface area (Å²) in [5.74, 6) is 1.23. The molecule has 0 radical (unpaired) electrons. The molecule has 16 heavy (non-hydrogen) atoms. The maximum Gasteiger partial charge on any atom is 0.142 e. The molecular weight excluding hydrogens is 205 g/mol. The van der Waals surface area contributed by atoms with E-state index in [0.717, 1.165) is 18.0 Å². The predicted octanol–water partition coefficient (Wildman–Crippen LogP) is 3.43. The number of nitrogens with one attached hydrogen (secondary N) is 1. The van der Waals surface area contributed by atoms with Crippen molar-refractivity contribution >= 4 is 5.69 Å². The van der Waals surface area contributed by atoms with Gasteiger partial charge in [0.25, 0.3) is 0 Å². The molecule has 1 saturated carbocycles. The summed E-state index contributed by atoms with van der Waals surface area (Å²) in [5, 5.41) is 3.39. The first-order valence-electron chi connectivity index (χ1n) is 5.84. The van der Waals surface area contributed by atoms with Gasteiger partial charge in [-0.25, -0.2) is 4.39 Å². The lowest BCUT2D eigenvalue weighted by molar-refractivity contribution is 0.414. The summed E-state index contributed by atoms with van der Waals surface area (Å²) in [7, 11) is 1.61. The maximum absolute atomic E-state index is 13.2. The summed E-state index contributed by atoms with van der Waals surface area (Å²) in [6.45, 7) is 2.15. The van der Waals surface area contributed by atoms with Crippen molar-refractivity contribution in [2.45, 2.75) is 32.2 Å². The van der Waals surface area contributed by atoms with Gasteiger partial charge in [-0.3, -0.25) is 0 Å². The van der Waals surface area contributed by atoms with Gasteiger partial charge in [-0.15, -0.1) is 0 Å². The molecule has 88 valence electrons. The molecule has 0 spiro atoms. The lowest BCUT2D eigenvalue weighted by atomic mass is 10.1. The number of ether oxygens (including phenoxy) is 1. The quantitative estimate of drug-likeness (QED) is 0.825. The highest BCUT2D eigenvalue weighted by Crippen LogP contribution is 2.37. The average Bonchev–Trinajstić information content (AvgIpc) is 3.10. The van der Waals surface area contributed by atoms with Crippen LogP contribution in [0.1, 0.15) is 26.2 Å². The van der Waals surface area contributed by atoms with Crippen LogP contribution in [0.3, 0.4) is 0 Å². The Morgan fingerprint density at radius 3 is 2.81 bits per heavy atom. The summed E-state index contributed by atoms with van der Waals surface area (Å²) < 4.78 is 18.4. The van der Waals surface area contributed by atoms with Gasteiger partial charge in [-0.05, 0) is 37.3 Å². The summed E-state index contributed by atoms with van der Waals surface area (Å²) >= 11 is 0. The van der Waals surface area contributed by atoms with Crippen LogP contribution in [0.4, 0.5) is 10.1 Å². The Labute approximate surface area is 95.8 Å². The molecule has 2 rings (SSSR count). The Morgan fingerprint density at radius 2 is 2.25 bits per heavy atom. The smallest absolute Gasteiger partial charge is 0.142 e. The second kappa shape index (κ2) is 4.73. The van der Waals surface area contributed by atoms with Gasteiger partial charge in [0.1, 0.15) is 11.6 Å². The molecule has 1 fully saturated rings. The van der Waals surface area contributed by atoms with E-state index in [1.807, 2.05) is 0 Å². The van der Waals surface area contributed by atoms with Gasteiger partial charge in [-0.2, -0.15) is 0 Å². The summed E-state index contributed by atoms with van der Waals surface area (Å²) in [5.41, 5.74) is 0.765. The first kappa shape index (κ1) is 11.2. The van der Waals surface area contributed by atoms with Crippen LogP contribution in [0, 0.1) is 11.7 Å². The van der Waals surface area contributed by atoms with Crippen LogP contribution in [0.2, 0.25) is 0 Å². The number of hydrogen-bond acceptors (Lipinski definition) is 2. The molecular formula is C13H18FNO. The van der Waals surface area contributed by atoms with Crippen molar-refractivity contribution in [3.05, 3.63) is 24.0 Å². The third-order valence-electron chi connectivity index (χ3n) is 3.13. The lowest BCUT2D eigenvalue weighted by Gasteiger charge is -2.19. The van der Waals surface area contributed by atoms with Crippen LogP contribution >= 0.6 is 0 Å².